The first-order valence-electron chi connectivity index (χ1n) is 23.5. The predicted molar refractivity (Wildman–Crippen MR) is 258 cm³/mol. The standard InChI is InChI=1S/C56H70N2O7/c1-9-11-12-16-42-19-21-44(22-20-42)45-23-25-46(26-24-45)47-27-28-51(43(10-2)33-47)50-34-48(17-13-14-30-57)52(49(35-50)18-15-32-62-53(59)39(3)4)63-36-56(29-31-58,37-64-54(60)40(5)6)38-65-55(61)41(7)8/h23-28,33-35,42,44H,3,5,7,9-22,29,32,36-38H2,1-2,4,6,8H3. The molecule has 0 spiro atoms. The van der Waals surface area contributed by atoms with Crippen molar-refractivity contribution in [2.75, 3.05) is 26.4 Å². The van der Waals surface area contributed by atoms with Crippen LogP contribution in [0.1, 0.15) is 140 Å². The van der Waals surface area contributed by atoms with E-state index in [1.807, 2.05) is 0 Å². The highest BCUT2D eigenvalue weighted by molar-refractivity contribution is 5.88. The summed E-state index contributed by atoms with van der Waals surface area (Å²) >= 11 is 0. The second-order valence-corrected chi connectivity index (χ2v) is 18.1. The van der Waals surface area contributed by atoms with Gasteiger partial charge >= 0.3 is 17.9 Å². The van der Waals surface area contributed by atoms with Crippen molar-refractivity contribution >= 4 is 17.9 Å². The summed E-state index contributed by atoms with van der Waals surface area (Å²) in [5.74, 6) is 0.299. The Hall–Kier alpha value is -5.93. The zero-order valence-electron chi connectivity index (χ0n) is 39.7. The van der Waals surface area contributed by atoms with Crippen LogP contribution in [0.4, 0.5) is 0 Å². The lowest BCUT2D eigenvalue weighted by atomic mass is 9.77. The molecule has 9 nitrogen and oxygen atoms in total. The number of carbonyl (C=O) groups excluding carboxylic acids is 3. The molecule has 65 heavy (non-hydrogen) atoms. The summed E-state index contributed by atoms with van der Waals surface area (Å²) in [6, 6.07) is 24.4. The summed E-state index contributed by atoms with van der Waals surface area (Å²) in [7, 11) is 0. The molecule has 1 fully saturated rings. The van der Waals surface area contributed by atoms with Gasteiger partial charge < -0.3 is 18.9 Å². The van der Waals surface area contributed by atoms with Crippen molar-refractivity contribution in [3.8, 4) is 40.1 Å². The highest BCUT2D eigenvalue weighted by Crippen LogP contribution is 2.40. The van der Waals surface area contributed by atoms with Gasteiger partial charge in [0, 0.05) is 23.1 Å². The molecule has 4 rings (SSSR count). The van der Waals surface area contributed by atoms with Crippen molar-refractivity contribution in [1.29, 1.82) is 10.5 Å². The van der Waals surface area contributed by atoms with Crippen LogP contribution < -0.4 is 4.74 Å². The first-order valence-corrected chi connectivity index (χ1v) is 23.5. The van der Waals surface area contributed by atoms with E-state index in [9.17, 15) is 24.9 Å². The number of aryl methyl sites for hydroxylation is 3. The van der Waals surface area contributed by atoms with Gasteiger partial charge in [-0.1, -0.05) is 102 Å². The van der Waals surface area contributed by atoms with Crippen LogP contribution in [0.25, 0.3) is 22.3 Å². The quantitative estimate of drug-likeness (QED) is 0.0334. The van der Waals surface area contributed by atoms with Gasteiger partial charge in [-0.15, -0.1) is 0 Å². The molecule has 346 valence electrons. The molecule has 9 heteroatoms. The number of hydrogen-bond acceptors (Lipinski definition) is 9. The fourth-order valence-corrected chi connectivity index (χ4v) is 8.49. The third-order valence-corrected chi connectivity index (χ3v) is 12.4. The van der Waals surface area contributed by atoms with Gasteiger partial charge in [0.05, 0.1) is 30.6 Å². The average Bonchev–Trinajstić information content (AvgIpc) is 3.30. The van der Waals surface area contributed by atoms with Crippen LogP contribution in [0.15, 0.2) is 91.1 Å². The number of unbranched alkanes of at least 4 members (excludes halogenated alkanes) is 3. The molecule has 3 aromatic rings. The number of hydrogen-bond donors (Lipinski definition) is 0. The highest BCUT2D eigenvalue weighted by atomic mass is 16.6. The molecule has 0 amide bonds. The van der Waals surface area contributed by atoms with E-state index in [0.717, 1.165) is 40.2 Å². The molecule has 0 bridgehead atoms. The van der Waals surface area contributed by atoms with Crippen molar-refractivity contribution < 1.29 is 33.3 Å². The van der Waals surface area contributed by atoms with E-state index in [0.29, 0.717) is 49.3 Å². The Labute approximate surface area is 388 Å². The summed E-state index contributed by atoms with van der Waals surface area (Å²) in [5, 5.41) is 19.6. The zero-order chi connectivity index (χ0) is 47.4. The number of benzene rings is 3. The molecule has 0 aromatic heterocycles. The molecule has 0 radical (unpaired) electrons. The van der Waals surface area contributed by atoms with Crippen molar-refractivity contribution in [2.45, 2.75) is 137 Å². The summed E-state index contributed by atoms with van der Waals surface area (Å²) in [6.45, 7) is 19.6. The summed E-state index contributed by atoms with van der Waals surface area (Å²) in [4.78, 5) is 37.5. The van der Waals surface area contributed by atoms with E-state index in [4.69, 9.17) is 18.9 Å². The lowest BCUT2D eigenvalue weighted by molar-refractivity contribution is -0.150. The minimum Gasteiger partial charge on any atom is -0.492 e. The Kier molecular flexibility index (Phi) is 20.8. The van der Waals surface area contributed by atoms with Gasteiger partial charge in [0.25, 0.3) is 0 Å². The SMILES string of the molecule is C=C(C)C(=O)OCCCc1cc(-c2ccc(-c3ccc(C4CCC(CCCCC)CC4)cc3)cc2CC)cc(CCCC#N)c1OCC(CC#N)(COC(=O)C(=C)C)COC(=O)C(=C)C. The molecule has 0 N–H and O–H groups in total. The average molecular weight is 883 g/mol. The first kappa shape index (κ1) is 51.7. The van der Waals surface area contributed by atoms with Crippen LogP contribution in [0.5, 0.6) is 5.75 Å². The largest absolute Gasteiger partial charge is 0.492 e. The molecular formula is C56H70N2O7. The molecule has 0 unspecified atom stereocenters. The molecule has 3 aromatic carbocycles. The van der Waals surface area contributed by atoms with Gasteiger partial charge in [-0.05, 0) is 147 Å². The number of nitrogens with zero attached hydrogens (tertiary/aromatic N) is 2. The van der Waals surface area contributed by atoms with E-state index in [1.54, 1.807) is 6.92 Å². The first-order chi connectivity index (χ1) is 31.2. The molecule has 0 heterocycles. The van der Waals surface area contributed by atoms with Crippen LogP contribution in [0.3, 0.4) is 0 Å². The van der Waals surface area contributed by atoms with E-state index >= 15 is 0 Å². The molecule has 0 atom stereocenters. The Morgan fingerprint density at radius 2 is 1.23 bits per heavy atom. The Balaban J connectivity index is 1.72. The lowest BCUT2D eigenvalue weighted by Crippen LogP contribution is -2.40. The minimum atomic E-state index is -1.25. The third kappa shape index (κ3) is 15.6. The van der Waals surface area contributed by atoms with E-state index in [2.05, 4.69) is 100 Å². The van der Waals surface area contributed by atoms with E-state index in [-0.39, 0.29) is 44.0 Å². The van der Waals surface area contributed by atoms with Gasteiger partial charge in [-0.2, -0.15) is 10.5 Å². The van der Waals surface area contributed by atoms with E-state index < -0.39 is 23.3 Å². The summed E-state index contributed by atoms with van der Waals surface area (Å²) in [6.07, 6.45) is 13.5. The Morgan fingerprint density at radius 3 is 1.78 bits per heavy atom. The molecule has 1 aliphatic carbocycles. The second-order valence-electron chi connectivity index (χ2n) is 18.1. The zero-order valence-corrected chi connectivity index (χ0v) is 39.7. The predicted octanol–water partition coefficient (Wildman–Crippen LogP) is 12.9. The second kappa shape index (κ2) is 26.1. The monoisotopic (exact) mass is 883 g/mol. The fourth-order valence-electron chi connectivity index (χ4n) is 8.49. The molecule has 1 aliphatic rings. The van der Waals surface area contributed by atoms with Crippen molar-refractivity contribution in [3.05, 3.63) is 113 Å². The Bertz CT molecular complexity index is 2190. The molecule has 1 saturated carbocycles. The van der Waals surface area contributed by atoms with Gasteiger partial charge in [-0.25, -0.2) is 14.4 Å². The van der Waals surface area contributed by atoms with Crippen LogP contribution in [0.2, 0.25) is 0 Å². The molecule has 0 saturated heterocycles. The van der Waals surface area contributed by atoms with Crippen LogP contribution in [-0.4, -0.2) is 44.3 Å². The number of rotatable bonds is 26. The highest BCUT2D eigenvalue weighted by Gasteiger charge is 2.36. The number of esters is 3. The Morgan fingerprint density at radius 1 is 0.662 bits per heavy atom. The third-order valence-electron chi connectivity index (χ3n) is 12.4. The number of ether oxygens (including phenoxy) is 4. The topological polar surface area (TPSA) is 136 Å². The van der Waals surface area contributed by atoms with Gasteiger partial charge in [-0.3, -0.25) is 0 Å². The van der Waals surface area contributed by atoms with Crippen LogP contribution in [-0.2, 0) is 47.9 Å². The maximum atomic E-state index is 12.6. The van der Waals surface area contributed by atoms with E-state index in [1.165, 1.54) is 81.9 Å². The maximum absolute atomic E-state index is 12.6. The minimum absolute atomic E-state index is 0.149. The smallest absolute Gasteiger partial charge is 0.333 e. The summed E-state index contributed by atoms with van der Waals surface area (Å²) < 4.78 is 23.4. The summed E-state index contributed by atoms with van der Waals surface area (Å²) in [5.41, 5.74) is 8.11. The number of nitriles is 2. The lowest BCUT2D eigenvalue weighted by Gasteiger charge is -2.31. The van der Waals surface area contributed by atoms with Crippen molar-refractivity contribution in [3.63, 3.8) is 0 Å². The maximum Gasteiger partial charge on any atom is 0.333 e. The molecule has 0 aliphatic heterocycles. The van der Waals surface area contributed by atoms with Gasteiger partial charge in [0.15, 0.2) is 0 Å². The van der Waals surface area contributed by atoms with Crippen molar-refractivity contribution in [2.24, 2.45) is 11.3 Å². The normalized spacial score (nSPS) is 14.6. The fraction of sp³-hybridized carbons (Fsp3) is 0.482. The van der Waals surface area contributed by atoms with Crippen molar-refractivity contribution in [1.82, 2.24) is 0 Å². The van der Waals surface area contributed by atoms with Gasteiger partial charge in [0.2, 0.25) is 0 Å². The molecular weight excluding hydrogens is 813 g/mol. The van der Waals surface area contributed by atoms with Crippen LogP contribution >= 0.6 is 0 Å². The van der Waals surface area contributed by atoms with Crippen LogP contribution in [0, 0.1) is 34.0 Å². The van der Waals surface area contributed by atoms with Gasteiger partial charge in [0.1, 0.15) is 25.6 Å². The number of carbonyl (C=O) groups is 3.